The molecule has 2 unspecified atom stereocenters. The lowest BCUT2D eigenvalue weighted by Crippen LogP contribution is -2.59. The third-order valence-electron chi connectivity index (χ3n) is 6.32. The van der Waals surface area contributed by atoms with Gasteiger partial charge >= 0.3 is 5.97 Å². The first kappa shape index (κ1) is 15.9. The normalized spacial score (nSPS) is 36.8. The van der Waals surface area contributed by atoms with E-state index in [9.17, 15) is 14.7 Å². The summed E-state index contributed by atoms with van der Waals surface area (Å²) >= 11 is 6.23. The molecule has 4 saturated carbocycles. The molecule has 4 aliphatic carbocycles. The van der Waals surface area contributed by atoms with Gasteiger partial charge in [0.25, 0.3) is 5.56 Å². The molecule has 6 nitrogen and oxygen atoms in total. The predicted molar refractivity (Wildman–Crippen MR) is 90.4 cm³/mol. The Morgan fingerprint density at radius 3 is 2.67 bits per heavy atom. The van der Waals surface area contributed by atoms with Crippen molar-refractivity contribution in [3.05, 3.63) is 21.6 Å². The number of aromatic nitrogens is 2. The molecule has 1 heterocycles. The summed E-state index contributed by atoms with van der Waals surface area (Å²) in [6.07, 6.45) is 7.43. The molecule has 4 atom stereocenters. The summed E-state index contributed by atoms with van der Waals surface area (Å²) < 4.78 is 1.57. The highest BCUT2D eigenvalue weighted by molar-refractivity contribution is 6.32. The van der Waals surface area contributed by atoms with Crippen molar-refractivity contribution in [1.29, 1.82) is 0 Å². The van der Waals surface area contributed by atoms with Gasteiger partial charge < -0.3 is 10.4 Å². The molecule has 2 N–H and O–H groups in total. The van der Waals surface area contributed by atoms with Crippen LogP contribution in [0.2, 0.25) is 5.02 Å². The fourth-order valence-electron chi connectivity index (χ4n) is 6.12. The Morgan fingerprint density at radius 2 is 2.08 bits per heavy atom. The summed E-state index contributed by atoms with van der Waals surface area (Å²) in [6.45, 7) is 0. The third-order valence-corrected chi connectivity index (χ3v) is 6.68. The van der Waals surface area contributed by atoms with Crippen molar-refractivity contribution in [3.8, 4) is 0 Å². The zero-order chi connectivity index (χ0) is 17.1. The lowest BCUT2D eigenvalue weighted by molar-refractivity contribution is -0.151. The molecular formula is C17H22ClN3O3. The fraction of sp³-hybridized carbons (Fsp3) is 0.706. The van der Waals surface area contributed by atoms with E-state index in [0.29, 0.717) is 17.5 Å². The molecule has 130 valence electrons. The highest BCUT2D eigenvalue weighted by Gasteiger charge is 2.59. The second-order valence-corrected chi connectivity index (χ2v) is 8.47. The maximum absolute atomic E-state index is 12.8. The van der Waals surface area contributed by atoms with Gasteiger partial charge in [0.1, 0.15) is 5.02 Å². The maximum Gasteiger partial charge on any atom is 0.303 e. The molecule has 4 aliphatic rings. The van der Waals surface area contributed by atoms with Crippen LogP contribution in [0.5, 0.6) is 0 Å². The average Bonchev–Trinajstić information content (AvgIpc) is 2.47. The third kappa shape index (κ3) is 2.26. The average molecular weight is 352 g/mol. The van der Waals surface area contributed by atoms with Crippen molar-refractivity contribution in [2.45, 2.75) is 50.5 Å². The highest BCUT2D eigenvalue weighted by atomic mass is 35.5. The Hall–Kier alpha value is -1.56. The van der Waals surface area contributed by atoms with Crippen LogP contribution in [0, 0.1) is 17.3 Å². The topological polar surface area (TPSA) is 84.2 Å². The van der Waals surface area contributed by atoms with Crippen molar-refractivity contribution in [2.75, 3.05) is 12.4 Å². The van der Waals surface area contributed by atoms with Crippen LogP contribution in [0.15, 0.2) is 11.0 Å². The van der Waals surface area contributed by atoms with Crippen LogP contribution in [0.25, 0.3) is 0 Å². The summed E-state index contributed by atoms with van der Waals surface area (Å²) in [4.78, 5) is 24.2. The zero-order valence-corrected chi connectivity index (χ0v) is 14.5. The van der Waals surface area contributed by atoms with Crippen molar-refractivity contribution in [1.82, 2.24) is 9.78 Å². The van der Waals surface area contributed by atoms with Gasteiger partial charge in [0.05, 0.1) is 23.8 Å². The van der Waals surface area contributed by atoms with E-state index in [1.54, 1.807) is 17.9 Å². The molecule has 1 aromatic heterocycles. The zero-order valence-electron chi connectivity index (χ0n) is 13.7. The molecule has 0 saturated heterocycles. The van der Waals surface area contributed by atoms with Gasteiger partial charge in [0.15, 0.2) is 0 Å². The summed E-state index contributed by atoms with van der Waals surface area (Å²) in [5.41, 5.74) is -0.295. The second kappa shape index (κ2) is 5.22. The molecule has 4 bridgehead atoms. The van der Waals surface area contributed by atoms with Crippen LogP contribution in [-0.2, 0) is 10.3 Å². The van der Waals surface area contributed by atoms with Gasteiger partial charge in [-0.3, -0.25) is 9.59 Å². The summed E-state index contributed by atoms with van der Waals surface area (Å²) in [7, 11) is 1.71. The van der Waals surface area contributed by atoms with E-state index in [1.807, 2.05) is 0 Å². The Kier molecular flexibility index (Phi) is 3.46. The Balaban J connectivity index is 1.79. The van der Waals surface area contributed by atoms with E-state index < -0.39 is 5.97 Å². The van der Waals surface area contributed by atoms with Crippen molar-refractivity contribution < 1.29 is 9.90 Å². The first-order valence-electron chi connectivity index (χ1n) is 8.54. The lowest BCUT2D eigenvalue weighted by atomic mass is 9.46. The number of nitrogens with zero attached hydrogens (tertiary/aromatic N) is 2. The van der Waals surface area contributed by atoms with Crippen LogP contribution in [-0.4, -0.2) is 27.9 Å². The quantitative estimate of drug-likeness (QED) is 0.871. The molecular weight excluding hydrogens is 330 g/mol. The number of halogens is 1. The summed E-state index contributed by atoms with van der Waals surface area (Å²) in [6, 6.07) is 0. The monoisotopic (exact) mass is 351 g/mol. The van der Waals surface area contributed by atoms with Gasteiger partial charge in [-0.05, 0) is 55.8 Å². The Bertz CT molecular complexity index is 746. The van der Waals surface area contributed by atoms with E-state index in [-0.39, 0.29) is 28.0 Å². The molecule has 4 fully saturated rings. The van der Waals surface area contributed by atoms with Gasteiger partial charge in [0.2, 0.25) is 0 Å². The number of hydrogen-bond donors (Lipinski definition) is 2. The first-order valence-corrected chi connectivity index (χ1v) is 8.92. The molecule has 0 aliphatic heterocycles. The Morgan fingerprint density at radius 1 is 1.42 bits per heavy atom. The highest BCUT2D eigenvalue weighted by Crippen LogP contribution is 2.64. The van der Waals surface area contributed by atoms with Gasteiger partial charge in [-0.15, -0.1) is 0 Å². The van der Waals surface area contributed by atoms with Crippen LogP contribution in [0.4, 0.5) is 5.69 Å². The lowest BCUT2D eigenvalue weighted by Gasteiger charge is -2.61. The smallest absolute Gasteiger partial charge is 0.303 e. The number of rotatable bonds is 4. The van der Waals surface area contributed by atoms with Crippen LogP contribution in [0.3, 0.4) is 0 Å². The summed E-state index contributed by atoms with van der Waals surface area (Å²) in [5, 5.41) is 16.8. The first-order chi connectivity index (χ1) is 11.4. The van der Waals surface area contributed by atoms with E-state index >= 15 is 0 Å². The molecule has 5 rings (SSSR count). The molecule has 0 spiro atoms. The van der Waals surface area contributed by atoms with Gasteiger partial charge in [-0.1, -0.05) is 11.6 Å². The SMILES string of the molecule is CNc1cnn(C23C[C@@H]4C[C@@H](CC(CC(=O)O)(C4)C2)C3)c(=O)c1Cl. The molecule has 0 radical (unpaired) electrons. The predicted octanol–water partition coefficient (Wildman–Crippen LogP) is 2.71. The van der Waals surface area contributed by atoms with Crippen molar-refractivity contribution in [3.63, 3.8) is 0 Å². The minimum Gasteiger partial charge on any atom is -0.481 e. The van der Waals surface area contributed by atoms with Gasteiger partial charge in [0, 0.05) is 7.05 Å². The number of nitrogens with one attached hydrogen (secondary N) is 1. The molecule has 1 aromatic rings. The van der Waals surface area contributed by atoms with Crippen LogP contribution in [0.1, 0.15) is 44.9 Å². The number of carbonyl (C=O) groups is 1. The van der Waals surface area contributed by atoms with Crippen molar-refractivity contribution >= 4 is 23.3 Å². The van der Waals surface area contributed by atoms with Gasteiger partial charge in [-0.2, -0.15) is 5.10 Å². The number of carboxylic acids is 1. The summed E-state index contributed by atoms with van der Waals surface area (Å²) in [5.74, 6) is 0.236. The second-order valence-electron chi connectivity index (χ2n) is 8.10. The molecule has 7 heteroatoms. The van der Waals surface area contributed by atoms with E-state index in [2.05, 4.69) is 10.4 Å². The molecule has 0 aromatic carbocycles. The largest absolute Gasteiger partial charge is 0.481 e. The van der Waals surface area contributed by atoms with Gasteiger partial charge in [-0.25, -0.2) is 4.68 Å². The number of aliphatic carboxylic acids is 1. The maximum atomic E-state index is 12.8. The number of hydrogen-bond acceptors (Lipinski definition) is 4. The Labute approximate surface area is 145 Å². The number of anilines is 1. The number of carboxylic acid groups (broad SMARTS) is 1. The fourth-order valence-corrected chi connectivity index (χ4v) is 6.35. The van der Waals surface area contributed by atoms with E-state index in [1.165, 1.54) is 0 Å². The van der Waals surface area contributed by atoms with Crippen LogP contribution < -0.4 is 10.9 Å². The van der Waals surface area contributed by atoms with E-state index in [0.717, 1.165) is 38.5 Å². The minimum absolute atomic E-state index is 0.163. The van der Waals surface area contributed by atoms with Crippen LogP contribution >= 0.6 is 11.6 Å². The molecule has 0 amide bonds. The molecule has 24 heavy (non-hydrogen) atoms. The standard InChI is InChI=1S/C17H22ClN3O3/c1-19-12-8-20-21(15(24)14(12)18)17-5-10-2-11(6-17)4-16(3-10,9-17)7-13(22)23/h8,10-11,19H,2-7,9H2,1H3,(H,22,23)/t10-,11+,16?,17?. The minimum atomic E-state index is -0.740. The van der Waals surface area contributed by atoms with Crippen molar-refractivity contribution in [2.24, 2.45) is 17.3 Å². The van der Waals surface area contributed by atoms with E-state index in [4.69, 9.17) is 11.6 Å².